The van der Waals surface area contributed by atoms with Crippen molar-refractivity contribution in [3.63, 3.8) is 0 Å². The van der Waals surface area contributed by atoms with Crippen molar-refractivity contribution < 1.29 is 22.9 Å². The fraction of sp³-hybridized carbons (Fsp3) is 0.286. The lowest BCUT2D eigenvalue weighted by Gasteiger charge is -2.15. The van der Waals surface area contributed by atoms with Crippen molar-refractivity contribution in [2.45, 2.75) is 39.3 Å². The average molecular weight is 432 g/mol. The number of nitro groups is 1. The lowest BCUT2D eigenvalue weighted by atomic mass is 9.94. The second-order valence-electron chi connectivity index (χ2n) is 6.85. The molecule has 0 aliphatic carbocycles. The highest BCUT2D eigenvalue weighted by atomic mass is 19.4. The van der Waals surface area contributed by atoms with Gasteiger partial charge < -0.3 is 0 Å². The molecule has 0 unspecified atom stereocenters. The second-order valence-corrected chi connectivity index (χ2v) is 6.85. The third kappa shape index (κ3) is 4.32. The summed E-state index contributed by atoms with van der Waals surface area (Å²) in [4.78, 5) is 24.7. The van der Waals surface area contributed by atoms with Crippen LogP contribution in [0.2, 0.25) is 0 Å². The van der Waals surface area contributed by atoms with Crippen LogP contribution in [0, 0.1) is 10.1 Å². The van der Waals surface area contributed by atoms with E-state index in [2.05, 4.69) is 10.2 Å². The number of rotatable bonds is 7. The molecule has 7 nitrogen and oxygen atoms in total. The number of aromatic nitrogens is 3. The van der Waals surface area contributed by atoms with Gasteiger partial charge in [-0.3, -0.25) is 19.5 Å². The van der Waals surface area contributed by atoms with E-state index < -0.39 is 28.1 Å². The molecule has 0 bridgehead atoms. The molecule has 0 aliphatic heterocycles. The van der Waals surface area contributed by atoms with Crippen LogP contribution in [0.3, 0.4) is 0 Å². The molecule has 0 spiro atoms. The number of ketones is 1. The lowest BCUT2D eigenvalue weighted by molar-refractivity contribution is -0.385. The number of hydrogen-bond acceptors (Lipinski definition) is 5. The Morgan fingerprint density at radius 2 is 1.94 bits per heavy atom. The van der Waals surface area contributed by atoms with Crippen molar-refractivity contribution in [3.05, 3.63) is 80.9 Å². The molecule has 1 heterocycles. The van der Waals surface area contributed by atoms with Gasteiger partial charge in [0.25, 0.3) is 5.69 Å². The van der Waals surface area contributed by atoms with Crippen LogP contribution in [-0.4, -0.2) is 25.5 Å². The van der Waals surface area contributed by atoms with E-state index in [1.807, 2.05) is 6.92 Å². The number of nitro benzene ring substituents is 1. The van der Waals surface area contributed by atoms with Crippen molar-refractivity contribution >= 4 is 11.5 Å². The van der Waals surface area contributed by atoms with Gasteiger partial charge in [0.05, 0.1) is 16.2 Å². The fourth-order valence-corrected chi connectivity index (χ4v) is 3.41. The first kappa shape index (κ1) is 22.1. The molecule has 0 saturated heterocycles. The topological polar surface area (TPSA) is 90.9 Å². The predicted octanol–water partition coefficient (Wildman–Crippen LogP) is 4.94. The maximum atomic E-state index is 13.4. The van der Waals surface area contributed by atoms with E-state index in [4.69, 9.17) is 0 Å². The third-order valence-electron chi connectivity index (χ3n) is 4.81. The lowest BCUT2D eigenvalue weighted by Crippen LogP contribution is -2.15. The summed E-state index contributed by atoms with van der Waals surface area (Å²) in [5, 5.41) is 19.7. The molecule has 0 atom stereocenters. The normalized spacial score (nSPS) is 11.5. The number of carbonyl (C=O) groups is 1. The Kier molecular flexibility index (Phi) is 6.19. The summed E-state index contributed by atoms with van der Waals surface area (Å²) in [6.07, 6.45) is -1.98. The minimum atomic E-state index is -4.65. The number of nitrogens with zero attached hydrogens (tertiary/aromatic N) is 4. The largest absolute Gasteiger partial charge is 0.416 e. The molecule has 3 rings (SSSR count). The van der Waals surface area contributed by atoms with E-state index in [-0.39, 0.29) is 16.8 Å². The van der Waals surface area contributed by atoms with Crippen LogP contribution >= 0.6 is 0 Å². The van der Waals surface area contributed by atoms with Crippen LogP contribution in [0.15, 0.2) is 42.7 Å². The monoisotopic (exact) mass is 432 g/mol. The zero-order chi connectivity index (χ0) is 22.8. The Labute approximate surface area is 175 Å². The molecule has 0 fully saturated rings. The van der Waals surface area contributed by atoms with Crippen molar-refractivity contribution in [2.75, 3.05) is 0 Å². The Bertz CT molecular complexity index is 1140. The molecular formula is C21H19F3N4O3. The van der Waals surface area contributed by atoms with Gasteiger partial charge in [0.15, 0.2) is 0 Å². The fourth-order valence-electron chi connectivity index (χ4n) is 3.41. The minimum Gasteiger partial charge on any atom is -0.288 e. The van der Waals surface area contributed by atoms with Crippen LogP contribution in [-0.2, 0) is 19.0 Å². The highest BCUT2D eigenvalue weighted by Gasteiger charge is 2.33. The molecule has 162 valence electrons. The minimum absolute atomic E-state index is 0.149. The van der Waals surface area contributed by atoms with E-state index in [1.165, 1.54) is 17.0 Å². The van der Waals surface area contributed by atoms with Crippen molar-refractivity contribution in [3.8, 4) is 5.69 Å². The predicted molar refractivity (Wildman–Crippen MR) is 106 cm³/mol. The van der Waals surface area contributed by atoms with Gasteiger partial charge >= 0.3 is 6.18 Å². The molecule has 2 aromatic carbocycles. The number of carbonyl (C=O) groups excluding carboxylic acids is 1. The van der Waals surface area contributed by atoms with E-state index in [0.717, 1.165) is 12.1 Å². The van der Waals surface area contributed by atoms with Gasteiger partial charge in [-0.15, -0.1) is 10.2 Å². The van der Waals surface area contributed by atoms with E-state index in [0.29, 0.717) is 36.7 Å². The van der Waals surface area contributed by atoms with Crippen LogP contribution in [0.5, 0.6) is 0 Å². The molecule has 31 heavy (non-hydrogen) atoms. The Morgan fingerprint density at radius 1 is 1.19 bits per heavy atom. The molecule has 0 saturated carbocycles. The number of hydrogen-bond donors (Lipinski definition) is 0. The average Bonchev–Trinajstić information content (AvgIpc) is 3.21. The van der Waals surface area contributed by atoms with Gasteiger partial charge in [-0.25, -0.2) is 0 Å². The molecule has 0 aliphatic rings. The molecule has 0 amide bonds. The Morgan fingerprint density at radius 3 is 2.55 bits per heavy atom. The molecule has 10 heteroatoms. The van der Waals surface area contributed by atoms with Gasteiger partial charge in [0, 0.05) is 17.5 Å². The van der Waals surface area contributed by atoms with Crippen molar-refractivity contribution in [1.29, 1.82) is 0 Å². The van der Waals surface area contributed by atoms with Crippen LogP contribution in [0.1, 0.15) is 53.1 Å². The van der Waals surface area contributed by atoms with Crippen LogP contribution in [0.4, 0.5) is 18.9 Å². The van der Waals surface area contributed by atoms with Gasteiger partial charge in [-0.2, -0.15) is 13.2 Å². The smallest absolute Gasteiger partial charge is 0.288 e. The molecular weight excluding hydrogens is 413 g/mol. The number of alkyl halides is 3. The highest BCUT2D eigenvalue weighted by molar-refractivity contribution is 6.14. The summed E-state index contributed by atoms with van der Waals surface area (Å²) in [5.74, 6) is -0.419. The quantitative estimate of drug-likeness (QED) is 0.300. The van der Waals surface area contributed by atoms with E-state index in [1.54, 1.807) is 19.1 Å². The second kappa shape index (κ2) is 8.66. The highest BCUT2D eigenvalue weighted by Crippen LogP contribution is 2.35. The summed E-state index contributed by atoms with van der Waals surface area (Å²) in [6.45, 7) is 3.63. The van der Waals surface area contributed by atoms with Crippen LogP contribution in [0.25, 0.3) is 5.69 Å². The Balaban J connectivity index is 2.31. The first-order valence-corrected chi connectivity index (χ1v) is 9.60. The third-order valence-corrected chi connectivity index (χ3v) is 4.81. The molecule has 1 aromatic heterocycles. The number of aryl methyl sites for hydroxylation is 2. The van der Waals surface area contributed by atoms with Gasteiger partial charge in [-0.1, -0.05) is 38.5 Å². The Hall–Kier alpha value is -3.56. The molecule has 3 aromatic rings. The van der Waals surface area contributed by atoms with Gasteiger partial charge in [0.2, 0.25) is 5.78 Å². The zero-order valence-corrected chi connectivity index (χ0v) is 16.8. The molecule has 0 N–H and O–H groups in total. The first-order valence-electron chi connectivity index (χ1n) is 9.60. The number of halogens is 3. The SMILES string of the molecule is CCCc1ccc(-n2cnnc2CC)c(C(=O)c2cccc(C(F)(F)F)c2)c1[N+](=O)[O-]. The van der Waals surface area contributed by atoms with E-state index >= 15 is 0 Å². The summed E-state index contributed by atoms with van der Waals surface area (Å²) < 4.78 is 40.9. The maximum Gasteiger partial charge on any atom is 0.416 e. The van der Waals surface area contributed by atoms with Gasteiger partial charge in [0.1, 0.15) is 17.7 Å². The summed E-state index contributed by atoms with van der Waals surface area (Å²) in [6, 6.07) is 6.96. The van der Waals surface area contributed by atoms with Gasteiger partial charge in [-0.05, 0) is 24.6 Å². The number of benzene rings is 2. The van der Waals surface area contributed by atoms with Crippen molar-refractivity contribution in [2.24, 2.45) is 0 Å². The summed E-state index contributed by atoms with van der Waals surface area (Å²) in [5.41, 5.74) is -1.53. The summed E-state index contributed by atoms with van der Waals surface area (Å²) >= 11 is 0. The van der Waals surface area contributed by atoms with E-state index in [9.17, 15) is 28.1 Å². The maximum absolute atomic E-state index is 13.4. The molecule has 0 radical (unpaired) electrons. The standard InChI is InChI=1S/C21H19F3N4O3/c1-3-6-13-9-10-16(27-12-25-26-17(27)4-2)18(19(13)28(30)31)20(29)14-7-5-8-15(11-14)21(22,23)24/h5,7-12H,3-4,6H2,1-2H3. The van der Waals surface area contributed by atoms with Crippen molar-refractivity contribution in [1.82, 2.24) is 14.8 Å². The summed E-state index contributed by atoms with van der Waals surface area (Å²) in [7, 11) is 0. The van der Waals surface area contributed by atoms with Crippen LogP contribution < -0.4 is 0 Å². The first-order chi connectivity index (χ1) is 14.7. The zero-order valence-electron chi connectivity index (χ0n) is 16.8.